The highest BCUT2D eigenvalue weighted by Gasteiger charge is 2.37. The van der Waals surface area contributed by atoms with Crippen LogP contribution in [0.5, 0.6) is 34.5 Å². The summed E-state index contributed by atoms with van der Waals surface area (Å²) >= 11 is 0. The Bertz CT molecular complexity index is 3130. The van der Waals surface area contributed by atoms with Gasteiger partial charge in [-0.25, -0.2) is 0 Å². The van der Waals surface area contributed by atoms with Crippen molar-refractivity contribution >= 4 is 33.8 Å². The van der Waals surface area contributed by atoms with Gasteiger partial charge in [-0.3, -0.25) is 0 Å². The summed E-state index contributed by atoms with van der Waals surface area (Å²) in [7, 11) is 10.6. The molecule has 0 aromatic heterocycles. The van der Waals surface area contributed by atoms with Crippen molar-refractivity contribution in [1.29, 1.82) is 0 Å². The molecule has 5 aromatic rings. The molecule has 10 heteroatoms. The van der Waals surface area contributed by atoms with E-state index < -0.39 is 0 Å². The highest BCUT2D eigenvalue weighted by atomic mass is 31.1. The summed E-state index contributed by atoms with van der Waals surface area (Å²) in [5, 5.41) is 2.51. The van der Waals surface area contributed by atoms with E-state index >= 15 is 0 Å². The molecule has 78 heavy (non-hydrogen) atoms. The van der Waals surface area contributed by atoms with Crippen LogP contribution in [0.3, 0.4) is 0 Å². The number of rotatable bonds is 15. The first kappa shape index (κ1) is 59.1. The van der Waals surface area contributed by atoms with Crippen LogP contribution in [0.4, 0.5) is 0 Å². The summed E-state index contributed by atoms with van der Waals surface area (Å²) in [6.45, 7) is 31.5. The molecule has 0 saturated heterocycles. The van der Waals surface area contributed by atoms with Gasteiger partial charge in [-0.15, -0.1) is 0 Å². The Morgan fingerprint density at radius 1 is 0.436 bits per heavy atom. The van der Waals surface area contributed by atoms with Gasteiger partial charge >= 0.3 is 0 Å². The van der Waals surface area contributed by atoms with E-state index in [1.165, 1.54) is 68.0 Å². The zero-order chi connectivity index (χ0) is 56.8. The molecule has 3 aliphatic rings. The van der Waals surface area contributed by atoms with Gasteiger partial charge in [0.1, 0.15) is 57.9 Å². The maximum Gasteiger partial charge on any atom is 0.135 e. The van der Waals surface area contributed by atoms with Gasteiger partial charge in [0.15, 0.2) is 0 Å². The first-order valence-electron chi connectivity index (χ1n) is 28.2. The molecular weight excluding hydrogens is 1010 g/mol. The van der Waals surface area contributed by atoms with Crippen LogP contribution in [-0.4, -0.2) is 48.8 Å². The molecule has 8 nitrogen and oxygen atoms in total. The van der Waals surface area contributed by atoms with Crippen molar-refractivity contribution in [3.8, 4) is 56.8 Å². The third kappa shape index (κ3) is 11.9. The van der Waals surface area contributed by atoms with Crippen molar-refractivity contribution in [3.05, 3.63) is 122 Å². The molecule has 0 fully saturated rings. The van der Waals surface area contributed by atoms with Crippen LogP contribution >= 0.6 is 17.6 Å². The van der Waals surface area contributed by atoms with Crippen LogP contribution < -0.4 is 38.8 Å². The number of benzene rings is 5. The molecule has 3 atom stereocenters. The lowest BCUT2D eigenvalue weighted by molar-refractivity contribution is 0.140. The largest absolute Gasteiger partial charge is 0.497 e. The Labute approximate surface area is 472 Å². The van der Waals surface area contributed by atoms with Gasteiger partial charge < -0.3 is 37.5 Å². The summed E-state index contributed by atoms with van der Waals surface area (Å²) in [6, 6.07) is 17.7. The quantitative estimate of drug-likeness (QED) is 0.0960. The van der Waals surface area contributed by atoms with Crippen molar-refractivity contribution in [2.45, 2.75) is 177 Å². The molecule has 3 unspecified atom stereocenters. The van der Waals surface area contributed by atoms with Crippen LogP contribution in [-0.2, 0) is 51.2 Å². The average molecular weight is 1100 g/mol. The second kappa shape index (κ2) is 23.2. The monoisotopic (exact) mass is 1100 g/mol. The van der Waals surface area contributed by atoms with Crippen LogP contribution in [0.25, 0.3) is 27.8 Å². The van der Waals surface area contributed by atoms with E-state index in [0.717, 1.165) is 123 Å². The number of hydrogen-bond acceptors (Lipinski definition) is 8. The molecule has 8 rings (SSSR count). The number of ether oxygens (including phenoxy) is 6. The normalized spacial score (nSPS) is 16.4. The van der Waals surface area contributed by atoms with E-state index in [1.807, 2.05) is 0 Å². The maximum atomic E-state index is 7.68. The van der Waals surface area contributed by atoms with E-state index in [4.69, 9.17) is 37.5 Å². The minimum atomic E-state index is -0.309. The van der Waals surface area contributed by atoms with Crippen LogP contribution in [0.2, 0.25) is 0 Å². The molecule has 3 aliphatic carbocycles. The fourth-order valence-corrected chi connectivity index (χ4v) is 14.1. The summed E-state index contributed by atoms with van der Waals surface area (Å²) in [5.41, 5.74) is 18.2. The SMILES string of the molecule is COc1cc(C2=C(OPc3c(C)cc4c(c3-c3c5c(cc(C)c3POc3c(-c6cc(OC)cc(C(C)(C)C)c6OC)cc(OC)cc3C(C)(C)C)CCCC5)CCCC4)C(C(C)(C)C)=CC(OC)C2)c(OC)c(C(C)(C)C)c1. The van der Waals surface area contributed by atoms with E-state index in [2.05, 4.69) is 152 Å². The number of fused-ring (bicyclic) bond motifs is 2. The van der Waals surface area contributed by atoms with Gasteiger partial charge in [-0.2, -0.15) is 0 Å². The molecule has 0 N–H and O–H groups in total. The highest BCUT2D eigenvalue weighted by molar-refractivity contribution is 7.43. The van der Waals surface area contributed by atoms with Crippen molar-refractivity contribution < 1.29 is 37.5 Å². The van der Waals surface area contributed by atoms with E-state index in [1.54, 1.807) is 42.7 Å². The Hall–Kier alpha value is -5.00. The number of allylic oxidation sites excluding steroid dienone is 1. The molecule has 0 aliphatic heterocycles. The summed E-state index contributed by atoms with van der Waals surface area (Å²) in [4.78, 5) is 0. The molecule has 420 valence electrons. The standard InChI is InChI=1S/C68H90O8P2/c1-39-29-41-25-21-23-27-47(41)57(63(39)77-75-61-51(33-45(71-17)37-55(61)67(9,10)11)49-31-43(69-15)35-53(59(49)73-19)65(3,4)5)58-48-28-24-22-26-42(48)30-40(2)64(58)78-76-62-52(34-46(72-18)38-56(62)68(12,13)14)50-32-44(70-16)36-54(60(50)74-20)66(6,7)8/h29-33,35-38,46,77-78H,21-28,34H2,1-20H3. The second-order valence-electron chi connectivity index (χ2n) is 25.9. The van der Waals surface area contributed by atoms with E-state index in [9.17, 15) is 0 Å². The van der Waals surface area contributed by atoms with Gasteiger partial charge in [0, 0.05) is 63.1 Å². The van der Waals surface area contributed by atoms with Crippen LogP contribution in [0.1, 0.15) is 171 Å². The van der Waals surface area contributed by atoms with Crippen molar-refractivity contribution in [2.24, 2.45) is 5.41 Å². The number of hydrogen-bond donors (Lipinski definition) is 0. The highest BCUT2D eigenvalue weighted by Crippen LogP contribution is 2.53. The predicted octanol–water partition coefficient (Wildman–Crippen LogP) is 16.7. The molecular formula is C68H90O8P2. The lowest BCUT2D eigenvalue weighted by Gasteiger charge is -2.35. The molecule has 0 bridgehead atoms. The summed E-state index contributed by atoms with van der Waals surface area (Å²) in [6.07, 6.45) is 11.6. The molecule has 0 spiro atoms. The third-order valence-corrected chi connectivity index (χ3v) is 18.5. The average Bonchev–Trinajstić information content (AvgIpc) is 3.51. The van der Waals surface area contributed by atoms with Crippen molar-refractivity contribution in [1.82, 2.24) is 0 Å². The number of methoxy groups -OCH3 is 6. The predicted molar refractivity (Wildman–Crippen MR) is 329 cm³/mol. The fraction of sp³-hybridized carbons (Fsp3) is 0.500. The first-order valence-corrected chi connectivity index (χ1v) is 30.0. The van der Waals surface area contributed by atoms with Gasteiger partial charge in [-0.1, -0.05) is 95.2 Å². The van der Waals surface area contributed by atoms with Crippen LogP contribution in [0, 0.1) is 19.3 Å². The first-order chi connectivity index (χ1) is 36.8. The lowest BCUT2D eigenvalue weighted by atomic mass is 9.77. The van der Waals surface area contributed by atoms with Gasteiger partial charge in [-0.05, 0) is 179 Å². The Kier molecular flexibility index (Phi) is 17.6. The van der Waals surface area contributed by atoms with Gasteiger partial charge in [0.2, 0.25) is 0 Å². The number of aryl methyl sites for hydroxylation is 4. The zero-order valence-electron chi connectivity index (χ0n) is 50.9. The lowest BCUT2D eigenvalue weighted by Crippen LogP contribution is -2.24. The minimum absolute atomic E-state index is 0.000769. The van der Waals surface area contributed by atoms with Crippen LogP contribution in [0.15, 0.2) is 65.9 Å². The summed E-state index contributed by atoms with van der Waals surface area (Å²) < 4.78 is 52.6. The molecule has 0 heterocycles. The Morgan fingerprint density at radius 3 is 1.24 bits per heavy atom. The smallest absolute Gasteiger partial charge is 0.135 e. The van der Waals surface area contributed by atoms with Gasteiger partial charge in [0.05, 0.1) is 41.7 Å². The maximum absolute atomic E-state index is 7.68. The molecule has 0 saturated carbocycles. The minimum Gasteiger partial charge on any atom is -0.497 e. The van der Waals surface area contributed by atoms with Crippen molar-refractivity contribution in [2.75, 3.05) is 42.7 Å². The van der Waals surface area contributed by atoms with Gasteiger partial charge in [0.25, 0.3) is 0 Å². The zero-order valence-corrected chi connectivity index (χ0v) is 52.9. The molecule has 5 aromatic carbocycles. The fourth-order valence-electron chi connectivity index (χ4n) is 12.0. The summed E-state index contributed by atoms with van der Waals surface area (Å²) in [5.74, 6) is 5.65. The second-order valence-corrected chi connectivity index (χ2v) is 27.7. The van der Waals surface area contributed by atoms with Crippen molar-refractivity contribution in [3.63, 3.8) is 0 Å². The van der Waals surface area contributed by atoms with E-state index in [0.29, 0.717) is 6.42 Å². The molecule has 0 amide bonds. The molecule has 0 radical (unpaired) electrons. The third-order valence-electron chi connectivity index (χ3n) is 16.2. The Morgan fingerprint density at radius 2 is 0.833 bits per heavy atom. The topological polar surface area (TPSA) is 73.8 Å². The van der Waals surface area contributed by atoms with E-state index in [-0.39, 0.29) is 45.4 Å². The Balaban J connectivity index is 1.38.